The van der Waals surface area contributed by atoms with Crippen molar-refractivity contribution in [1.29, 1.82) is 0 Å². The van der Waals surface area contributed by atoms with Crippen LogP contribution in [0.3, 0.4) is 0 Å². The minimum Gasteiger partial charge on any atom is -0.487 e. The van der Waals surface area contributed by atoms with E-state index in [4.69, 9.17) is 19.2 Å². The number of amides is 2. The second-order valence-corrected chi connectivity index (χ2v) is 18.0. The van der Waals surface area contributed by atoms with E-state index >= 15 is 0 Å². The predicted octanol–water partition coefficient (Wildman–Crippen LogP) is 7.51. The van der Waals surface area contributed by atoms with E-state index in [0.717, 1.165) is 45.7 Å². The van der Waals surface area contributed by atoms with Gasteiger partial charge in [-0.1, -0.05) is 37.3 Å². The molecule has 1 atom stereocenters. The van der Waals surface area contributed by atoms with E-state index in [2.05, 4.69) is 10.6 Å². The van der Waals surface area contributed by atoms with Gasteiger partial charge in [-0.15, -0.1) is 0 Å². The number of hydrogen-bond donors (Lipinski definition) is 2. The summed E-state index contributed by atoms with van der Waals surface area (Å²) in [7, 11) is -3.94. The van der Waals surface area contributed by atoms with Crippen LogP contribution in [-0.4, -0.2) is 66.7 Å². The van der Waals surface area contributed by atoms with Gasteiger partial charge in [-0.25, -0.2) is 27.3 Å². The highest BCUT2D eigenvalue weighted by Crippen LogP contribution is 2.45. The number of benzene rings is 2. The first-order chi connectivity index (χ1) is 25.7. The molecule has 2 aliphatic heterocycles. The Morgan fingerprint density at radius 2 is 1.67 bits per heavy atom. The van der Waals surface area contributed by atoms with Gasteiger partial charge in [0, 0.05) is 37.2 Å². The van der Waals surface area contributed by atoms with Gasteiger partial charge >= 0.3 is 12.1 Å². The molecule has 0 radical (unpaired) electrons. The number of fused-ring (bicyclic) bond motifs is 1. The fraction of sp³-hybridized carbons (Fsp3) is 0.571. The van der Waals surface area contributed by atoms with Crippen LogP contribution < -0.4 is 15.4 Å². The Morgan fingerprint density at radius 1 is 1.00 bits per heavy atom. The number of nitrogens with one attached hydrogen (secondary N) is 2. The third kappa shape index (κ3) is 11.3. The maximum absolute atomic E-state index is 14.6. The summed E-state index contributed by atoms with van der Waals surface area (Å²) >= 11 is 0. The lowest BCUT2D eigenvalue weighted by atomic mass is 9.94. The zero-order chi connectivity index (χ0) is 40.7. The monoisotopic (exact) mass is 780 g/mol. The van der Waals surface area contributed by atoms with Crippen molar-refractivity contribution in [1.82, 2.24) is 14.9 Å². The highest BCUT2D eigenvalue weighted by Gasteiger charge is 2.39. The Balaban J connectivity index is 1.38. The van der Waals surface area contributed by atoms with Crippen LogP contribution in [0.2, 0.25) is 0 Å². The molecule has 2 aromatic rings. The van der Waals surface area contributed by atoms with E-state index in [1.165, 1.54) is 4.31 Å². The van der Waals surface area contributed by atoms with Gasteiger partial charge < -0.3 is 24.8 Å². The molecule has 2 aliphatic rings. The number of rotatable bonds is 15. The molecule has 1 unspecified atom stereocenters. The third-order valence-electron chi connectivity index (χ3n) is 9.86. The molecule has 4 rings (SSSR count). The highest BCUT2D eigenvalue weighted by molar-refractivity contribution is 7.89. The number of aliphatic imine (C=N–C) groups is 1. The number of carbonyl (C=O) groups is 3. The average Bonchev–Trinajstić information content (AvgIpc) is 3.45. The molecule has 2 heterocycles. The number of hydrogen-bond acceptors (Lipinski definition) is 9. The van der Waals surface area contributed by atoms with Crippen LogP contribution in [-0.2, 0) is 42.1 Å². The van der Waals surface area contributed by atoms with Crippen molar-refractivity contribution in [3.63, 3.8) is 0 Å². The van der Waals surface area contributed by atoms with Gasteiger partial charge in [0.1, 0.15) is 35.4 Å². The zero-order valence-electron chi connectivity index (χ0n) is 34.3. The summed E-state index contributed by atoms with van der Waals surface area (Å²) in [5, 5.41) is 5.27. The van der Waals surface area contributed by atoms with E-state index in [0.29, 0.717) is 61.3 Å². The van der Waals surface area contributed by atoms with Crippen molar-refractivity contribution in [2.24, 2.45) is 4.99 Å². The van der Waals surface area contributed by atoms with Gasteiger partial charge in [0.2, 0.25) is 5.91 Å². The SMILES string of the molecule is CCC(CCCCC(=O)NCC(NC(=O)OCc1ccccc1)C(=O)OC(C)(C)C)=NC1=C(C)CCCN1S(=O)(=O)c1c(C)c(C)c2c(c1C)CC(C)(C)O2. The van der Waals surface area contributed by atoms with Crippen LogP contribution in [0.5, 0.6) is 5.75 Å². The molecule has 55 heavy (non-hydrogen) atoms. The molecule has 2 aromatic carbocycles. The van der Waals surface area contributed by atoms with Gasteiger partial charge in [0.15, 0.2) is 0 Å². The molecule has 2 amide bonds. The second kappa shape index (κ2) is 18.0. The maximum atomic E-state index is 14.6. The first-order valence-electron chi connectivity index (χ1n) is 19.3. The zero-order valence-corrected chi connectivity index (χ0v) is 35.1. The summed E-state index contributed by atoms with van der Waals surface area (Å²) < 4.78 is 47.6. The Morgan fingerprint density at radius 3 is 2.33 bits per heavy atom. The lowest BCUT2D eigenvalue weighted by molar-refractivity contribution is -0.157. The number of ether oxygens (including phenoxy) is 3. The maximum Gasteiger partial charge on any atom is 0.408 e. The standard InChI is InChI=1S/C42H60N4O8S/c1-11-32(21-15-16-22-35(47)43-25-34(39(48)54-41(6,7)8)45-40(49)52-26-31-19-13-12-14-20-31)44-38-27(2)18-17-23-46(38)55(50,51)37-29(4)28(3)36-33(30(37)5)24-42(9,10)53-36/h12-14,19-20,34H,11,15-18,21-26H2,1-10H3,(H,43,47)(H,45,49). The molecular formula is C42H60N4O8S. The Hall–Kier alpha value is -4.39. The molecule has 0 spiro atoms. The van der Waals surface area contributed by atoms with Crippen LogP contribution in [0.1, 0.15) is 121 Å². The number of unbranched alkanes of at least 4 members (excludes halogenated alkanes) is 1. The summed E-state index contributed by atoms with van der Waals surface area (Å²) in [5.74, 6) is 0.308. The smallest absolute Gasteiger partial charge is 0.408 e. The van der Waals surface area contributed by atoms with E-state index in [1.807, 2.05) is 78.8 Å². The van der Waals surface area contributed by atoms with E-state index in [-0.39, 0.29) is 25.5 Å². The van der Waals surface area contributed by atoms with E-state index < -0.39 is 39.3 Å². The van der Waals surface area contributed by atoms with E-state index in [1.54, 1.807) is 20.8 Å². The number of esters is 1. The summed E-state index contributed by atoms with van der Waals surface area (Å²) in [4.78, 5) is 43.7. The molecular weight excluding hydrogens is 721 g/mol. The van der Waals surface area contributed by atoms with Crippen molar-refractivity contribution in [2.45, 2.75) is 149 Å². The Labute approximate surface area is 327 Å². The second-order valence-electron chi connectivity index (χ2n) is 16.2. The fourth-order valence-electron chi connectivity index (χ4n) is 6.90. The lowest BCUT2D eigenvalue weighted by Crippen LogP contribution is -2.50. The number of allylic oxidation sites excluding steroid dienone is 1. The number of carbonyl (C=O) groups excluding carboxylic acids is 3. The number of alkyl carbamates (subject to hydrolysis) is 1. The fourth-order valence-corrected chi connectivity index (χ4v) is 8.96. The first-order valence-corrected chi connectivity index (χ1v) is 20.8. The predicted molar refractivity (Wildman–Crippen MR) is 213 cm³/mol. The summed E-state index contributed by atoms with van der Waals surface area (Å²) in [5.41, 5.74) is 4.61. The van der Waals surface area contributed by atoms with Crippen LogP contribution in [0.25, 0.3) is 0 Å². The molecule has 0 aromatic heterocycles. The Kier molecular flexibility index (Phi) is 14.2. The molecule has 302 valence electrons. The summed E-state index contributed by atoms with van der Waals surface area (Å²) in [6, 6.07) is 8.00. The van der Waals surface area contributed by atoms with Crippen LogP contribution in [0.4, 0.5) is 4.79 Å². The van der Waals surface area contributed by atoms with Gasteiger partial charge in [0.05, 0.1) is 4.90 Å². The normalized spacial score (nSPS) is 16.3. The summed E-state index contributed by atoms with van der Waals surface area (Å²) in [6.45, 7) is 19.0. The van der Waals surface area contributed by atoms with Gasteiger partial charge in [-0.3, -0.25) is 4.79 Å². The highest BCUT2D eigenvalue weighted by atomic mass is 32.2. The van der Waals surface area contributed by atoms with Crippen molar-refractivity contribution in [2.75, 3.05) is 13.1 Å². The minimum absolute atomic E-state index is 0.0237. The molecule has 0 bridgehead atoms. The molecule has 0 saturated carbocycles. The van der Waals surface area contributed by atoms with Crippen LogP contribution in [0.15, 0.2) is 51.6 Å². The van der Waals surface area contributed by atoms with Crippen LogP contribution in [0, 0.1) is 20.8 Å². The molecule has 0 fully saturated rings. The molecule has 12 nitrogen and oxygen atoms in total. The lowest BCUT2D eigenvalue weighted by Gasteiger charge is -2.32. The minimum atomic E-state index is -3.94. The van der Waals surface area contributed by atoms with E-state index in [9.17, 15) is 22.8 Å². The molecule has 0 saturated heterocycles. The van der Waals surface area contributed by atoms with Crippen molar-refractivity contribution in [3.05, 3.63) is 69.5 Å². The van der Waals surface area contributed by atoms with Gasteiger partial charge in [-0.05, 0) is 129 Å². The number of sulfonamides is 1. The quantitative estimate of drug-likeness (QED) is 0.107. The van der Waals surface area contributed by atoms with Gasteiger partial charge in [0.25, 0.3) is 10.0 Å². The third-order valence-corrected chi connectivity index (χ3v) is 11.9. The van der Waals surface area contributed by atoms with Crippen molar-refractivity contribution >= 4 is 33.7 Å². The summed E-state index contributed by atoms with van der Waals surface area (Å²) in [6.07, 6.45) is 3.90. The Bertz CT molecular complexity index is 1910. The largest absolute Gasteiger partial charge is 0.487 e. The first kappa shape index (κ1) is 43.3. The average molecular weight is 781 g/mol. The van der Waals surface area contributed by atoms with Crippen LogP contribution >= 0.6 is 0 Å². The topological polar surface area (TPSA) is 153 Å². The number of nitrogens with zero attached hydrogens (tertiary/aromatic N) is 2. The molecule has 2 N–H and O–H groups in total. The molecule has 0 aliphatic carbocycles. The van der Waals surface area contributed by atoms with Crippen molar-refractivity contribution in [3.8, 4) is 5.75 Å². The molecule has 13 heteroatoms. The van der Waals surface area contributed by atoms with Gasteiger partial charge in [-0.2, -0.15) is 0 Å². The van der Waals surface area contributed by atoms with Crippen molar-refractivity contribution < 1.29 is 37.0 Å².